The summed E-state index contributed by atoms with van der Waals surface area (Å²) in [7, 11) is 0. The first-order chi connectivity index (χ1) is 12.1. The number of carbonyl (C=O) groups excluding carboxylic acids is 1. The Morgan fingerprint density at radius 1 is 1.04 bits per heavy atom. The molecule has 126 valence electrons. The van der Waals surface area contributed by atoms with Gasteiger partial charge in [0.25, 0.3) is 5.91 Å². The molecule has 2 aromatic carbocycles. The Morgan fingerprint density at radius 2 is 1.76 bits per heavy atom. The summed E-state index contributed by atoms with van der Waals surface area (Å²) >= 11 is 0. The van der Waals surface area contributed by atoms with E-state index in [-0.39, 0.29) is 11.7 Å². The lowest BCUT2D eigenvalue weighted by molar-refractivity contribution is 0.102. The molecule has 0 aliphatic rings. The van der Waals surface area contributed by atoms with Crippen molar-refractivity contribution in [2.75, 3.05) is 10.6 Å². The smallest absolute Gasteiger partial charge is 0.255 e. The predicted molar refractivity (Wildman–Crippen MR) is 94.9 cm³/mol. The molecule has 0 unspecified atom stereocenters. The summed E-state index contributed by atoms with van der Waals surface area (Å²) in [4.78, 5) is 20.3. The zero-order valence-electron chi connectivity index (χ0n) is 13.7. The van der Waals surface area contributed by atoms with Crippen LogP contribution in [0.25, 0.3) is 0 Å². The average Bonchev–Trinajstić information content (AvgIpc) is 2.62. The highest BCUT2D eigenvalue weighted by Gasteiger charge is 2.06. The zero-order chi connectivity index (χ0) is 17.6. The van der Waals surface area contributed by atoms with E-state index in [4.69, 9.17) is 0 Å². The van der Waals surface area contributed by atoms with Gasteiger partial charge in [0.1, 0.15) is 18.0 Å². The van der Waals surface area contributed by atoms with Gasteiger partial charge in [0, 0.05) is 29.6 Å². The van der Waals surface area contributed by atoms with Crippen LogP contribution in [0, 0.1) is 12.7 Å². The van der Waals surface area contributed by atoms with Crippen molar-refractivity contribution < 1.29 is 9.18 Å². The third-order valence-corrected chi connectivity index (χ3v) is 3.60. The molecule has 0 spiro atoms. The normalized spacial score (nSPS) is 10.3. The van der Waals surface area contributed by atoms with Gasteiger partial charge in [-0.05, 0) is 48.9 Å². The van der Waals surface area contributed by atoms with Crippen molar-refractivity contribution in [3.8, 4) is 0 Å². The fourth-order valence-corrected chi connectivity index (χ4v) is 2.25. The van der Waals surface area contributed by atoms with Gasteiger partial charge in [-0.15, -0.1) is 0 Å². The van der Waals surface area contributed by atoms with Gasteiger partial charge in [0.2, 0.25) is 0 Å². The molecule has 2 N–H and O–H groups in total. The molecule has 1 aromatic heterocycles. The van der Waals surface area contributed by atoms with Crippen molar-refractivity contribution in [2.24, 2.45) is 0 Å². The van der Waals surface area contributed by atoms with Crippen molar-refractivity contribution in [3.05, 3.63) is 83.6 Å². The van der Waals surface area contributed by atoms with Crippen LogP contribution >= 0.6 is 0 Å². The zero-order valence-corrected chi connectivity index (χ0v) is 13.7. The Morgan fingerprint density at radius 3 is 2.44 bits per heavy atom. The number of benzene rings is 2. The minimum Gasteiger partial charge on any atom is -0.366 e. The summed E-state index contributed by atoms with van der Waals surface area (Å²) in [5.41, 5.74) is 3.04. The molecule has 0 bridgehead atoms. The van der Waals surface area contributed by atoms with Gasteiger partial charge in [0.05, 0.1) is 0 Å². The van der Waals surface area contributed by atoms with Crippen molar-refractivity contribution in [1.82, 2.24) is 9.97 Å². The van der Waals surface area contributed by atoms with Crippen molar-refractivity contribution >= 4 is 17.4 Å². The van der Waals surface area contributed by atoms with E-state index >= 15 is 0 Å². The summed E-state index contributed by atoms with van der Waals surface area (Å²) in [5, 5.41) is 6.00. The van der Waals surface area contributed by atoms with E-state index in [1.54, 1.807) is 0 Å². The summed E-state index contributed by atoms with van der Waals surface area (Å²) in [6.07, 6.45) is 1.52. The monoisotopic (exact) mass is 336 g/mol. The summed E-state index contributed by atoms with van der Waals surface area (Å²) in [6.45, 7) is 2.52. The standard InChI is InChI=1S/C19H17FN4O/c1-13-10-18(23-12-22-13)21-11-14-2-8-17(9-3-14)24-19(25)15-4-6-16(20)7-5-15/h2-10,12H,11H2,1H3,(H,24,25)(H,21,22,23). The molecule has 0 aliphatic carbocycles. The van der Waals surface area contributed by atoms with Crippen LogP contribution < -0.4 is 10.6 Å². The van der Waals surface area contributed by atoms with Gasteiger partial charge in [-0.25, -0.2) is 14.4 Å². The van der Waals surface area contributed by atoms with Crippen LogP contribution in [0.1, 0.15) is 21.6 Å². The molecule has 0 radical (unpaired) electrons. The number of nitrogens with zero attached hydrogens (tertiary/aromatic N) is 2. The van der Waals surface area contributed by atoms with E-state index in [0.29, 0.717) is 17.8 Å². The minimum absolute atomic E-state index is 0.276. The predicted octanol–water partition coefficient (Wildman–Crippen LogP) is 3.79. The van der Waals surface area contributed by atoms with Crippen LogP contribution in [0.2, 0.25) is 0 Å². The Balaban J connectivity index is 1.58. The number of anilines is 2. The highest BCUT2D eigenvalue weighted by Crippen LogP contribution is 2.13. The fraction of sp³-hybridized carbons (Fsp3) is 0.105. The maximum Gasteiger partial charge on any atom is 0.255 e. The molecule has 1 heterocycles. The molecule has 3 aromatic rings. The molecule has 25 heavy (non-hydrogen) atoms. The Kier molecular flexibility index (Phi) is 4.99. The van der Waals surface area contributed by atoms with Gasteiger partial charge in [-0.2, -0.15) is 0 Å². The number of halogens is 1. The topological polar surface area (TPSA) is 66.9 Å². The first-order valence-corrected chi connectivity index (χ1v) is 7.78. The van der Waals surface area contributed by atoms with E-state index in [1.807, 2.05) is 37.3 Å². The molecule has 0 saturated carbocycles. The van der Waals surface area contributed by atoms with Crippen LogP contribution in [-0.4, -0.2) is 15.9 Å². The molecule has 0 saturated heterocycles. The summed E-state index contributed by atoms with van der Waals surface area (Å²) in [5.74, 6) is 0.121. The lowest BCUT2D eigenvalue weighted by Crippen LogP contribution is -2.11. The number of aromatic nitrogens is 2. The SMILES string of the molecule is Cc1cc(NCc2ccc(NC(=O)c3ccc(F)cc3)cc2)ncn1. The van der Waals surface area contributed by atoms with Gasteiger partial charge in [-0.3, -0.25) is 4.79 Å². The highest BCUT2D eigenvalue weighted by atomic mass is 19.1. The van der Waals surface area contributed by atoms with Crippen LogP contribution in [0.5, 0.6) is 0 Å². The number of nitrogens with one attached hydrogen (secondary N) is 2. The van der Waals surface area contributed by atoms with Gasteiger partial charge >= 0.3 is 0 Å². The second kappa shape index (κ2) is 7.53. The lowest BCUT2D eigenvalue weighted by Gasteiger charge is -2.08. The van der Waals surface area contributed by atoms with Crippen LogP contribution in [0.4, 0.5) is 15.9 Å². The number of rotatable bonds is 5. The van der Waals surface area contributed by atoms with E-state index in [0.717, 1.165) is 17.1 Å². The van der Waals surface area contributed by atoms with E-state index in [2.05, 4.69) is 20.6 Å². The molecule has 5 nitrogen and oxygen atoms in total. The van der Waals surface area contributed by atoms with Crippen LogP contribution in [0.3, 0.4) is 0 Å². The molecular formula is C19H17FN4O. The third kappa shape index (κ3) is 4.60. The van der Waals surface area contributed by atoms with Crippen LogP contribution in [0.15, 0.2) is 60.9 Å². The number of hydrogen-bond acceptors (Lipinski definition) is 4. The summed E-state index contributed by atoms with van der Waals surface area (Å²) in [6, 6.07) is 14.8. The maximum atomic E-state index is 12.9. The third-order valence-electron chi connectivity index (χ3n) is 3.60. The molecule has 0 atom stereocenters. The molecule has 6 heteroatoms. The largest absolute Gasteiger partial charge is 0.366 e. The van der Waals surface area contributed by atoms with E-state index in [1.165, 1.54) is 30.6 Å². The van der Waals surface area contributed by atoms with E-state index < -0.39 is 0 Å². The minimum atomic E-state index is -0.368. The first-order valence-electron chi connectivity index (χ1n) is 7.78. The Hall–Kier alpha value is -3.28. The molecular weight excluding hydrogens is 319 g/mol. The second-order valence-electron chi connectivity index (χ2n) is 5.56. The number of amides is 1. The molecule has 0 aliphatic heterocycles. The number of hydrogen-bond donors (Lipinski definition) is 2. The molecule has 1 amide bonds. The Labute approximate surface area is 145 Å². The molecule has 0 fully saturated rings. The number of carbonyl (C=O) groups is 1. The highest BCUT2D eigenvalue weighted by molar-refractivity contribution is 6.04. The van der Waals surface area contributed by atoms with Crippen molar-refractivity contribution in [1.29, 1.82) is 0 Å². The van der Waals surface area contributed by atoms with Crippen LogP contribution in [-0.2, 0) is 6.54 Å². The Bertz CT molecular complexity index is 863. The average molecular weight is 336 g/mol. The van der Waals surface area contributed by atoms with Crippen molar-refractivity contribution in [2.45, 2.75) is 13.5 Å². The fourth-order valence-electron chi connectivity index (χ4n) is 2.25. The quantitative estimate of drug-likeness (QED) is 0.744. The number of aryl methyl sites for hydroxylation is 1. The van der Waals surface area contributed by atoms with Gasteiger partial charge in [0.15, 0.2) is 0 Å². The second-order valence-corrected chi connectivity index (χ2v) is 5.56. The van der Waals surface area contributed by atoms with Gasteiger partial charge in [-0.1, -0.05) is 12.1 Å². The summed E-state index contributed by atoms with van der Waals surface area (Å²) < 4.78 is 12.9. The molecule has 3 rings (SSSR count). The first kappa shape index (κ1) is 16.6. The van der Waals surface area contributed by atoms with E-state index in [9.17, 15) is 9.18 Å². The lowest BCUT2D eigenvalue weighted by atomic mass is 10.1. The van der Waals surface area contributed by atoms with Gasteiger partial charge < -0.3 is 10.6 Å². The van der Waals surface area contributed by atoms with Crippen molar-refractivity contribution in [3.63, 3.8) is 0 Å². The maximum absolute atomic E-state index is 12.9.